The van der Waals surface area contributed by atoms with Crippen LogP contribution in [0.3, 0.4) is 0 Å². The summed E-state index contributed by atoms with van der Waals surface area (Å²) in [7, 11) is 0. The molecule has 0 saturated carbocycles. The number of piperidine rings is 1. The molecule has 3 heteroatoms. The van der Waals surface area contributed by atoms with Gasteiger partial charge in [0.2, 0.25) is 0 Å². The maximum Gasteiger partial charge on any atom is 0.126 e. The lowest BCUT2D eigenvalue weighted by Gasteiger charge is -2.38. The maximum absolute atomic E-state index is 13.8. The van der Waals surface area contributed by atoms with Crippen LogP contribution < -0.4 is 4.74 Å². The van der Waals surface area contributed by atoms with Crippen LogP contribution in [0.5, 0.6) is 5.75 Å². The molecule has 1 saturated heterocycles. The normalized spacial score (nSPS) is 24.4. The Balaban J connectivity index is 1.92. The molecule has 98 valence electrons. The fourth-order valence-corrected chi connectivity index (χ4v) is 3.10. The van der Waals surface area contributed by atoms with Crippen LogP contribution in [-0.4, -0.2) is 24.6 Å². The Morgan fingerprint density at radius 3 is 2.78 bits per heavy atom. The second-order valence-corrected chi connectivity index (χ2v) is 5.39. The molecule has 0 spiro atoms. The van der Waals surface area contributed by atoms with Crippen LogP contribution >= 0.6 is 0 Å². The van der Waals surface area contributed by atoms with Crippen LogP contribution in [0.15, 0.2) is 12.1 Å². The first-order valence-electron chi connectivity index (χ1n) is 6.92. The molecule has 3 rings (SSSR count). The summed E-state index contributed by atoms with van der Waals surface area (Å²) in [6, 6.07) is 3.88. The second kappa shape index (κ2) is 4.88. The van der Waals surface area contributed by atoms with E-state index in [2.05, 4.69) is 4.90 Å². The van der Waals surface area contributed by atoms with E-state index in [4.69, 9.17) is 4.74 Å². The average molecular weight is 249 g/mol. The smallest absolute Gasteiger partial charge is 0.126 e. The quantitative estimate of drug-likeness (QED) is 0.756. The summed E-state index contributed by atoms with van der Waals surface area (Å²) in [4.78, 5) is 2.50. The van der Waals surface area contributed by atoms with Crippen LogP contribution in [0.4, 0.5) is 4.39 Å². The minimum Gasteiger partial charge on any atom is -0.493 e. The third-order valence-corrected chi connectivity index (χ3v) is 4.13. The van der Waals surface area contributed by atoms with Gasteiger partial charge in [0.05, 0.1) is 6.61 Å². The molecule has 1 atom stereocenters. The number of fused-ring (bicyclic) bond motifs is 1. The Kier molecular flexibility index (Phi) is 3.25. The number of ether oxygens (including phenoxy) is 1. The van der Waals surface area contributed by atoms with Crippen molar-refractivity contribution in [1.29, 1.82) is 0 Å². The van der Waals surface area contributed by atoms with Crippen molar-refractivity contribution in [2.24, 2.45) is 0 Å². The maximum atomic E-state index is 13.8. The fraction of sp³-hybridized carbons (Fsp3) is 0.600. The van der Waals surface area contributed by atoms with E-state index < -0.39 is 0 Å². The second-order valence-electron chi connectivity index (χ2n) is 5.39. The van der Waals surface area contributed by atoms with Crippen LogP contribution in [0.2, 0.25) is 0 Å². The Bertz CT molecular complexity index is 440. The molecule has 0 aliphatic carbocycles. The first-order chi connectivity index (χ1) is 8.75. The largest absolute Gasteiger partial charge is 0.493 e. The minimum atomic E-state index is -0.110. The summed E-state index contributed by atoms with van der Waals surface area (Å²) in [6.07, 6.45) is 4.84. The highest BCUT2D eigenvalue weighted by molar-refractivity contribution is 5.41. The van der Waals surface area contributed by atoms with Gasteiger partial charge < -0.3 is 4.74 Å². The zero-order chi connectivity index (χ0) is 12.5. The van der Waals surface area contributed by atoms with Crippen molar-refractivity contribution in [3.05, 3.63) is 29.1 Å². The number of hydrogen-bond acceptors (Lipinski definition) is 2. The third-order valence-electron chi connectivity index (χ3n) is 4.13. The summed E-state index contributed by atoms with van der Waals surface area (Å²) in [5, 5.41) is 0. The zero-order valence-electron chi connectivity index (χ0n) is 10.9. The van der Waals surface area contributed by atoms with Gasteiger partial charge in [-0.25, -0.2) is 4.39 Å². The monoisotopic (exact) mass is 249 g/mol. The molecule has 0 bridgehead atoms. The van der Waals surface area contributed by atoms with Crippen molar-refractivity contribution in [1.82, 2.24) is 4.90 Å². The summed E-state index contributed by atoms with van der Waals surface area (Å²) in [5.74, 6) is 0.775. The van der Waals surface area contributed by atoms with Gasteiger partial charge in [0, 0.05) is 18.0 Å². The molecule has 1 fully saturated rings. The number of nitrogens with zero attached hydrogens (tertiary/aromatic N) is 1. The van der Waals surface area contributed by atoms with Crippen molar-refractivity contribution in [2.75, 3.05) is 19.7 Å². The van der Waals surface area contributed by atoms with E-state index in [1.807, 2.05) is 6.07 Å². The highest BCUT2D eigenvalue weighted by atomic mass is 19.1. The lowest BCUT2D eigenvalue weighted by Crippen LogP contribution is -2.36. The van der Waals surface area contributed by atoms with E-state index >= 15 is 0 Å². The first kappa shape index (κ1) is 12.0. The van der Waals surface area contributed by atoms with Crippen molar-refractivity contribution in [3.8, 4) is 5.75 Å². The van der Waals surface area contributed by atoms with E-state index in [0.29, 0.717) is 11.6 Å². The van der Waals surface area contributed by atoms with E-state index in [1.54, 1.807) is 13.0 Å². The van der Waals surface area contributed by atoms with Crippen molar-refractivity contribution in [3.63, 3.8) is 0 Å². The molecular formula is C15H20FNO. The number of halogens is 1. The molecule has 1 aromatic rings. The standard InChI is InChI=1S/C15H20FNO/c1-11-9-15-12(10-13(11)16)14(5-8-18-15)17-6-3-2-4-7-17/h9-10,14H,2-8H2,1H3/t14-/m1/s1. The molecule has 18 heavy (non-hydrogen) atoms. The molecule has 2 aliphatic heterocycles. The molecule has 2 aliphatic rings. The molecule has 1 aromatic carbocycles. The molecular weight excluding hydrogens is 229 g/mol. The number of aryl methyl sites for hydroxylation is 1. The predicted molar refractivity (Wildman–Crippen MR) is 69.4 cm³/mol. The summed E-state index contributed by atoms with van der Waals surface area (Å²) >= 11 is 0. The van der Waals surface area contributed by atoms with Gasteiger partial charge >= 0.3 is 0 Å². The summed E-state index contributed by atoms with van der Waals surface area (Å²) in [6.45, 7) is 4.82. The molecule has 0 unspecified atom stereocenters. The SMILES string of the molecule is Cc1cc2c(cc1F)[C@H](N1CCCCC1)CCO2. The predicted octanol–water partition coefficient (Wildman–Crippen LogP) is 3.44. The Labute approximate surface area is 108 Å². The van der Waals surface area contributed by atoms with E-state index in [0.717, 1.165) is 37.4 Å². The van der Waals surface area contributed by atoms with Gasteiger partial charge in [-0.1, -0.05) is 6.42 Å². The van der Waals surface area contributed by atoms with Crippen LogP contribution in [-0.2, 0) is 0 Å². The molecule has 2 nitrogen and oxygen atoms in total. The van der Waals surface area contributed by atoms with Crippen LogP contribution in [0.1, 0.15) is 42.9 Å². The molecule has 2 heterocycles. The lowest BCUT2D eigenvalue weighted by atomic mass is 9.95. The molecule has 0 aromatic heterocycles. The van der Waals surface area contributed by atoms with Gasteiger partial charge in [0.1, 0.15) is 11.6 Å². The van der Waals surface area contributed by atoms with Crippen molar-refractivity contribution in [2.45, 2.75) is 38.6 Å². The number of rotatable bonds is 1. The highest BCUT2D eigenvalue weighted by Crippen LogP contribution is 2.38. The van der Waals surface area contributed by atoms with Crippen molar-refractivity contribution >= 4 is 0 Å². The van der Waals surface area contributed by atoms with Crippen LogP contribution in [0, 0.1) is 12.7 Å². The first-order valence-corrected chi connectivity index (χ1v) is 6.92. The van der Waals surface area contributed by atoms with Gasteiger partial charge in [0.25, 0.3) is 0 Å². The molecule has 0 N–H and O–H groups in total. The van der Waals surface area contributed by atoms with E-state index in [-0.39, 0.29) is 5.82 Å². The van der Waals surface area contributed by atoms with Gasteiger partial charge in [0.15, 0.2) is 0 Å². The lowest BCUT2D eigenvalue weighted by molar-refractivity contribution is 0.119. The number of likely N-dealkylation sites (tertiary alicyclic amines) is 1. The van der Waals surface area contributed by atoms with Gasteiger partial charge in [-0.2, -0.15) is 0 Å². The summed E-state index contributed by atoms with van der Waals surface area (Å²) < 4.78 is 19.5. The fourth-order valence-electron chi connectivity index (χ4n) is 3.10. The Morgan fingerprint density at radius 1 is 1.22 bits per heavy atom. The molecule has 0 amide bonds. The average Bonchev–Trinajstić information content (AvgIpc) is 2.40. The third kappa shape index (κ3) is 2.12. The van der Waals surface area contributed by atoms with Crippen molar-refractivity contribution < 1.29 is 9.13 Å². The zero-order valence-corrected chi connectivity index (χ0v) is 10.9. The Hall–Kier alpha value is -1.09. The van der Waals surface area contributed by atoms with E-state index in [1.165, 1.54) is 19.3 Å². The topological polar surface area (TPSA) is 12.5 Å². The Morgan fingerprint density at radius 2 is 2.00 bits per heavy atom. The summed E-state index contributed by atoms with van der Waals surface area (Å²) in [5.41, 5.74) is 1.72. The van der Waals surface area contributed by atoms with Gasteiger partial charge in [-0.3, -0.25) is 4.90 Å². The van der Waals surface area contributed by atoms with E-state index in [9.17, 15) is 4.39 Å². The van der Waals surface area contributed by atoms with Gasteiger partial charge in [-0.15, -0.1) is 0 Å². The molecule has 0 radical (unpaired) electrons. The minimum absolute atomic E-state index is 0.110. The van der Waals surface area contributed by atoms with Crippen LogP contribution in [0.25, 0.3) is 0 Å². The highest BCUT2D eigenvalue weighted by Gasteiger charge is 2.28. The van der Waals surface area contributed by atoms with Gasteiger partial charge in [-0.05, 0) is 50.6 Å². The number of hydrogen-bond donors (Lipinski definition) is 0. The number of benzene rings is 1.